The summed E-state index contributed by atoms with van der Waals surface area (Å²) in [7, 11) is 0. The first-order valence-corrected chi connectivity index (χ1v) is 9.17. The fraction of sp³-hybridized carbons (Fsp3) is 0.412. The molecule has 4 nitrogen and oxygen atoms in total. The lowest BCUT2D eigenvalue weighted by atomic mass is 10.1. The summed E-state index contributed by atoms with van der Waals surface area (Å²) in [5.41, 5.74) is 1.82. The number of nitrogens with zero attached hydrogens (tertiary/aromatic N) is 1. The van der Waals surface area contributed by atoms with Crippen LogP contribution in [0.15, 0.2) is 34.1 Å². The Kier molecular flexibility index (Phi) is 5.95. The van der Waals surface area contributed by atoms with Crippen molar-refractivity contribution >= 4 is 33.2 Å². The molecule has 0 saturated carbocycles. The Hall–Kier alpha value is -1.24. The molecule has 0 radical (unpaired) electrons. The van der Waals surface area contributed by atoms with Gasteiger partial charge in [-0.05, 0) is 39.8 Å². The minimum Gasteiger partial charge on any atom is -0.350 e. The van der Waals surface area contributed by atoms with Gasteiger partial charge >= 0.3 is 0 Å². The largest absolute Gasteiger partial charge is 0.350 e. The van der Waals surface area contributed by atoms with Crippen molar-refractivity contribution < 1.29 is 4.79 Å². The summed E-state index contributed by atoms with van der Waals surface area (Å²) < 4.78 is 1.04. The summed E-state index contributed by atoms with van der Waals surface area (Å²) in [6.07, 6.45) is 0. The highest BCUT2D eigenvalue weighted by molar-refractivity contribution is 9.10. The molecule has 0 bridgehead atoms. The van der Waals surface area contributed by atoms with Crippen molar-refractivity contribution in [3.63, 3.8) is 0 Å². The van der Waals surface area contributed by atoms with E-state index >= 15 is 0 Å². The Balaban J connectivity index is 1.93. The maximum Gasteiger partial charge on any atom is 0.237 e. The van der Waals surface area contributed by atoms with Crippen LogP contribution in [0.3, 0.4) is 0 Å². The maximum atomic E-state index is 12.0. The van der Waals surface area contributed by atoms with Gasteiger partial charge in [-0.15, -0.1) is 11.3 Å². The van der Waals surface area contributed by atoms with E-state index in [4.69, 9.17) is 0 Å². The quantitative estimate of drug-likeness (QED) is 0.804. The van der Waals surface area contributed by atoms with E-state index in [0.29, 0.717) is 6.54 Å². The molecule has 0 spiro atoms. The molecule has 2 rings (SSSR count). The number of nitrogens with one attached hydrogen (secondary N) is 2. The first-order chi connectivity index (χ1) is 10.7. The zero-order valence-corrected chi connectivity index (χ0v) is 16.2. The minimum atomic E-state index is -0.259. The van der Waals surface area contributed by atoms with Gasteiger partial charge in [0.15, 0.2) is 0 Å². The molecule has 0 aliphatic carbocycles. The predicted octanol–water partition coefficient (Wildman–Crippen LogP) is 3.97. The van der Waals surface area contributed by atoms with E-state index in [9.17, 15) is 4.79 Å². The smallest absolute Gasteiger partial charge is 0.237 e. The first-order valence-electron chi connectivity index (χ1n) is 7.50. The second kappa shape index (κ2) is 7.55. The number of aromatic nitrogens is 1. The van der Waals surface area contributed by atoms with E-state index in [1.165, 1.54) is 0 Å². The van der Waals surface area contributed by atoms with Crippen molar-refractivity contribution in [3.05, 3.63) is 39.8 Å². The van der Waals surface area contributed by atoms with Crippen molar-refractivity contribution in [3.8, 4) is 10.6 Å². The molecule has 6 heteroatoms. The molecule has 0 saturated heterocycles. The van der Waals surface area contributed by atoms with Crippen molar-refractivity contribution in [1.29, 1.82) is 0 Å². The number of rotatable bonds is 5. The summed E-state index contributed by atoms with van der Waals surface area (Å²) in [6.45, 7) is 8.36. The van der Waals surface area contributed by atoms with Crippen LogP contribution >= 0.6 is 27.3 Å². The van der Waals surface area contributed by atoms with E-state index in [0.717, 1.165) is 20.7 Å². The standard InChI is InChI=1S/C17H22BrN3OS/c1-11(15(22)21-17(2,3)4)19-9-14-10-23-16(20-14)12-6-5-7-13(18)8-12/h5-8,10-11,19H,9H2,1-4H3,(H,21,22). The number of amides is 1. The number of thiazole rings is 1. The minimum absolute atomic E-state index is 0.0000528. The number of halogens is 1. The van der Waals surface area contributed by atoms with Gasteiger partial charge in [-0.25, -0.2) is 4.98 Å². The molecule has 0 aliphatic heterocycles. The lowest BCUT2D eigenvalue weighted by molar-refractivity contribution is -0.124. The molecule has 0 fully saturated rings. The molecule has 1 amide bonds. The Labute approximate surface area is 149 Å². The number of carbonyl (C=O) groups is 1. The third-order valence-corrected chi connectivity index (χ3v) is 4.54. The summed E-state index contributed by atoms with van der Waals surface area (Å²) in [5.74, 6) is -0.0000528. The number of hydrogen-bond donors (Lipinski definition) is 2. The van der Waals surface area contributed by atoms with E-state index < -0.39 is 0 Å². The monoisotopic (exact) mass is 395 g/mol. The SMILES string of the molecule is CC(NCc1csc(-c2cccc(Br)c2)n1)C(=O)NC(C)(C)C. The zero-order valence-electron chi connectivity index (χ0n) is 13.8. The fourth-order valence-electron chi connectivity index (χ4n) is 1.97. The average molecular weight is 396 g/mol. The lowest BCUT2D eigenvalue weighted by Crippen LogP contribution is -2.49. The molecular weight excluding hydrogens is 374 g/mol. The van der Waals surface area contributed by atoms with Crippen LogP contribution in [-0.4, -0.2) is 22.5 Å². The van der Waals surface area contributed by atoms with Crippen LogP contribution in [0.2, 0.25) is 0 Å². The molecule has 1 atom stereocenters. The highest BCUT2D eigenvalue weighted by Gasteiger charge is 2.19. The Morgan fingerprint density at radius 2 is 2.13 bits per heavy atom. The molecule has 2 N–H and O–H groups in total. The topological polar surface area (TPSA) is 54.0 Å². The molecule has 1 aromatic heterocycles. The van der Waals surface area contributed by atoms with Crippen molar-refractivity contribution in [2.75, 3.05) is 0 Å². The van der Waals surface area contributed by atoms with Gasteiger partial charge in [0.05, 0.1) is 11.7 Å². The van der Waals surface area contributed by atoms with Crippen molar-refractivity contribution in [2.45, 2.75) is 45.8 Å². The fourth-order valence-corrected chi connectivity index (χ4v) is 3.19. The van der Waals surface area contributed by atoms with Crippen LogP contribution in [0.4, 0.5) is 0 Å². The Morgan fingerprint density at radius 1 is 1.39 bits per heavy atom. The van der Waals surface area contributed by atoms with Gasteiger partial charge in [0.25, 0.3) is 0 Å². The lowest BCUT2D eigenvalue weighted by Gasteiger charge is -2.23. The summed E-state index contributed by atoms with van der Waals surface area (Å²) in [6, 6.07) is 7.83. The normalized spacial score (nSPS) is 12.9. The maximum absolute atomic E-state index is 12.0. The van der Waals surface area contributed by atoms with E-state index in [-0.39, 0.29) is 17.5 Å². The van der Waals surface area contributed by atoms with Crippen molar-refractivity contribution in [2.24, 2.45) is 0 Å². The highest BCUT2D eigenvalue weighted by atomic mass is 79.9. The molecule has 1 aromatic carbocycles. The molecular formula is C17H22BrN3OS. The number of hydrogen-bond acceptors (Lipinski definition) is 4. The molecule has 124 valence electrons. The molecule has 23 heavy (non-hydrogen) atoms. The third-order valence-electron chi connectivity index (χ3n) is 3.10. The van der Waals surface area contributed by atoms with Crippen molar-refractivity contribution in [1.82, 2.24) is 15.6 Å². The highest BCUT2D eigenvalue weighted by Crippen LogP contribution is 2.26. The molecule has 1 unspecified atom stereocenters. The van der Waals surface area contributed by atoms with Crippen LogP contribution < -0.4 is 10.6 Å². The second-order valence-corrected chi connectivity index (χ2v) is 8.27. The second-order valence-electron chi connectivity index (χ2n) is 6.50. The van der Waals surface area contributed by atoms with Crippen LogP contribution in [0.1, 0.15) is 33.4 Å². The molecule has 0 aliphatic rings. The summed E-state index contributed by atoms with van der Waals surface area (Å²) >= 11 is 5.08. The Morgan fingerprint density at radius 3 is 2.78 bits per heavy atom. The number of carbonyl (C=O) groups excluding carboxylic acids is 1. The summed E-state index contributed by atoms with van der Waals surface area (Å²) in [5, 5.41) is 9.20. The van der Waals surface area contributed by atoms with Gasteiger partial charge in [-0.2, -0.15) is 0 Å². The van der Waals surface area contributed by atoms with Gasteiger partial charge in [0.2, 0.25) is 5.91 Å². The van der Waals surface area contributed by atoms with Crippen LogP contribution in [0.25, 0.3) is 10.6 Å². The predicted molar refractivity (Wildman–Crippen MR) is 99.4 cm³/mol. The van der Waals surface area contributed by atoms with Gasteiger partial charge in [0, 0.05) is 27.5 Å². The zero-order chi connectivity index (χ0) is 17.0. The Bertz CT molecular complexity index is 678. The van der Waals surface area contributed by atoms with Gasteiger partial charge in [-0.1, -0.05) is 28.1 Å². The van der Waals surface area contributed by atoms with E-state index in [1.54, 1.807) is 11.3 Å². The summed E-state index contributed by atoms with van der Waals surface area (Å²) in [4.78, 5) is 16.7. The van der Waals surface area contributed by atoms with Gasteiger partial charge in [-0.3, -0.25) is 4.79 Å². The first kappa shape index (κ1) is 18.1. The molecule has 1 heterocycles. The van der Waals surface area contributed by atoms with E-state index in [1.807, 2.05) is 51.3 Å². The third kappa shape index (κ3) is 5.71. The molecule has 2 aromatic rings. The van der Waals surface area contributed by atoms with Gasteiger partial charge in [0.1, 0.15) is 5.01 Å². The number of benzene rings is 1. The van der Waals surface area contributed by atoms with Gasteiger partial charge < -0.3 is 10.6 Å². The van der Waals surface area contributed by atoms with Crippen LogP contribution in [0, 0.1) is 0 Å². The van der Waals surface area contributed by atoms with E-state index in [2.05, 4.69) is 37.6 Å². The average Bonchev–Trinajstić information content (AvgIpc) is 2.91. The van der Waals surface area contributed by atoms with Crippen LogP contribution in [0.5, 0.6) is 0 Å². The van der Waals surface area contributed by atoms with Crippen LogP contribution in [-0.2, 0) is 11.3 Å².